The lowest BCUT2D eigenvalue weighted by atomic mass is 10.1. The summed E-state index contributed by atoms with van der Waals surface area (Å²) in [7, 11) is 3.22. The lowest BCUT2D eigenvalue weighted by Gasteiger charge is -2.38. The lowest BCUT2D eigenvalue weighted by molar-refractivity contribution is -0.135. The number of carbonyl (C=O) groups is 2. The smallest absolute Gasteiger partial charge is 0.325 e. The summed E-state index contributed by atoms with van der Waals surface area (Å²) < 4.78 is 0. The molecule has 22 heavy (non-hydrogen) atoms. The van der Waals surface area contributed by atoms with Crippen LogP contribution in [0.2, 0.25) is 0 Å². The molecule has 3 aliphatic heterocycles. The van der Waals surface area contributed by atoms with E-state index in [1.165, 1.54) is 11.9 Å². The predicted octanol–water partition coefficient (Wildman–Crippen LogP) is 0.397. The molecule has 2 atom stereocenters. The SMILES string of the molecule is CN1C(=O)C2C(N=C3N(c4ccccc4)CCN32)N(C)C1=O. The quantitative estimate of drug-likeness (QED) is 0.753. The standard InChI is InChI=1S/C15H17N5O2/c1-17-12-11(13(21)18(2)15(17)22)20-9-8-19(14(20)16-12)10-6-4-3-5-7-10/h3-7,11-12H,8-9H2,1-2H3. The Morgan fingerprint density at radius 2 is 1.82 bits per heavy atom. The van der Waals surface area contributed by atoms with Crippen molar-refractivity contribution in [3.63, 3.8) is 0 Å². The zero-order valence-electron chi connectivity index (χ0n) is 12.5. The van der Waals surface area contributed by atoms with E-state index in [9.17, 15) is 9.59 Å². The van der Waals surface area contributed by atoms with Gasteiger partial charge in [0.1, 0.15) is 0 Å². The number of fused-ring (bicyclic) bond motifs is 3. The van der Waals surface area contributed by atoms with Crippen LogP contribution in [0.4, 0.5) is 10.5 Å². The lowest BCUT2D eigenvalue weighted by Crippen LogP contribution is -2.63. The molecule has 2 fully saturated rings. The van der Waals surface area contributed by atoms with Crippen molar-refractivity contribution < 1.29 is 9.59 Å². The van der Waals surface area contributed by atoms with E-state index in [1.807, 2.05) is 35.2 Å². The van der Waals surface area contributed by atoms with Crippen LogP contribution in [0.5, 0.6) is 0 Å². The van der Waals surface area contributed by atoms with Crippen LogP contribution in [0.25, 0.3) is 0 Å². The van der Waals surface area contributed by atoms with E-state index >= 15 is 0 Å². The normalized spacial score (nSPS) is 27.3. The molecule has 0 spiro atoms. The van der Waals surface area contributed by atoms with Crippen LogP contribution in [0.3, 0.4) is 0 Å². The molecule has 0 N–H and O–H groups in total. The average Bonchev–Trinajstić information content (AvgIpc) is 3.10. The molecule has 0 bridgehead atoms. The molecular weight excluding hydrogens is 282 g/mol. The van der Waals surface area contributed by atoms with E-state index in [1.54, 1.807) is 11.9 Å². The number of para-hydroxylation sites is 1. The average molecular weight is 299 g/mol. The van der Waals surface area contributed by atoms with Gasteiger partial charge in [0.05, 0.1) is 0 Å². The zero-order valence-corrected chi connectivity index (χ0v) is 12.5. The van der Waals surface area contributed by atoms with Gasteiger partial charge in [-0.1, -0.05) is 18.2 Å². The summed E-state index contributed by atoms with van der Waals surface area (Å²) in [5.74, 6) is 0.603. The topological polar surface area (TPSA) is 59.5 Å². The van der Waals surface area contributed by atoms with Crippen molar-refractivity contribution in [3.8, 4) is 0 Å². The summed E-state index contributed by atoms with van der Waals surface area (Å²) in [5, 5.41) is 0. The summed E-state index contributed by atoms with van der Waals surface area (Å²) in [5.41, 5.74) is 1.05. The van der Waals surface area contributed by atoms with Gasteiger partial charge in [-0.2, -0.15) is 0 Å². The number of urea groups is 1. The van der Waals surface area contributed by atoms with Gasteiger partial charge >= 0.3 is 6.03 Å². The molecule has 3 heterocycles. The number of rotatable bonds is 1. The van der Waals surface area contributed by atoms with Gasteiger partial charge < -0.3 is 14.7 Å². The highest BCUT2D eigenvalue weighted by molar-refractivity contribution is 6.07. The fraction of sp³-hybridized carbons (Fsp3) is 0.400. The molecule has 4 rings (SSSR count). The first-order valence-electron chi connectivity index (χ1n) is 7.31. The van der Waals surface area contributed by atoms with Gasteiger partial charge in [0.15, 0.2) is 12.2 Å². The minimum Gasteiger partial charge on any atom is -0.325 e. The Labute approximate surface area is 128 Å². The Morgan fingerprint density at radius 1 is 1.09 bits per heavy atom. The highest BCUT2D eigenvalue weighted by Gasteiger charge is 2.53. The molecule has 1 aromatic rings. The zero-order chi connectivity index (χ0) is 15.4. The van der Waals surface area contributed by atoms with Crippen molar-refractivity contribution in [2.24, 2.45) is 4.99 Å². The number of nitrogens with zero attached hydrogens (tertiary/aromatic N) is 5. The summed E-state index contributed by atoms with van der Waals surface area (Å²) in [6, 6.07) is 9.27. The molecule has 2 saturated heterocycles. The van der Waals surface area contributed by atoms with Crippen LogP contribution >= 0.6 is 0 Å². The van der Waals surface area contributed by atoms with Crippen LogP contribution in [-0.2, 0) is 4.79 Å². The molecule has 3 aliphatic rings. The van der Waals surface area contributed by atoms with Crippen LogP contribution in [0, 0.1) is 0 Å². The Balaban J connectivity index is 1.72. The number of guanidine groups is 1. The number of aliphatic imine (C=N–C) groups is 1. The molecule has 0 radical (unpaired) electrons. The maximum Gasteiger partial charge on any atom is 0.328 e. The molecule has 0 aromatic heterocycles. The largest absolute Gasteiger partial charge is 0.328 e. The number of hydrogen-bond donors (Lipinski definition) is 0. The minimum atomic E-state index is -0.433. The number of anilines is 1. The summed E-state index contributed by atoms with van der Waals surface area (Å²) in [6.45, 7) is 1.53. The third-order valence-corrected chi connectivity index (χ3v) is 4.57. The molecule has 114 valence electrons. The summed E-state index contributed by atoms with van der Waals surface area (Å²) >= 11 is 0. The van der Waals surface area contributed by atoms with Crippen molar-refractivity contribution in [1.29, 1.82) is 0 Å². The van der Waals surface area contributed by atoms with Crippen LogP contribution in [0.15, 0.2) is 35.3 Å². The molecular formula is C15H17N5O2. The van der Waals surface area contributed by atoms with E-state index in [-0.39, 0.29) is 11.9 Å². The second-order valence-corrected chi connectivity index (χ2v) is 5.76. The van der Waals surface area contributed by atoms with Crippen LogP contribution < -0.4 is 4.90 Å². The van der Waals surface area contributed by atoms with Crippen molar-refractivity contribution in [1.82, 2.24) is 14.7 Å². The van der Waals surface area contributed by atoms with Gasteiger partial charge in [0, 0.05) is 32.9 Å². The first kappa shape index (κ1) is 13.1. The predicted molar refractivity (Wildman–Crippen MR) is 81.4 cm³/mol. The molecule has 3 amide bonds. The fourth-order valence-corrected chi connectivity index (χ4v) is 3.37. The summed E-state index contributed by atoms with van der Waals surface area (Å²) in [6.07, 6.45) is -0.433. The fourth-order valence-electron chi connectivity index (χ4n) is 3.37. The Morgan fingerprint density at radius 3 is 2.55 bits per heavy atom. The molecule has 1 aromatic carbocycles. The number of hydrogen-bond acceptors (Lipinski definition) is 5. The number of likely N-dealkylation sites (N-methyl/N-ethyl adjacent to an activating group) is 2. The van der Waals surface area contributed by atoms with E-state index in [4.69, 9.17) is 0 Å². The number of benzene rings is 1. The van der Waals surface area contributed by atoms with Crippen LogP contribution in [-0.4, -0.2) is 72.0 Å². The van der Waals surface area contributed by atoms with Gasteiger partial charge in [-0.05, 0) is 12.1 Å². The number of amides is 3. The van der Waals surface area contributed by atoms with E-state index < -0.39 is 12.2 Å². The minimum absolute atomic E-state index is 0.179. The van der Waals surface area contributed by atoms with Gasteiger partial charge in [-0.25, -0.2) is 9.79 Å². The van der Waals surface area contributed by atoms with E-state index in [0.717, 1.165) is 24.7 Å². The van der Waals surface area contributed by atoms with E-state index in [0.29, 0.717) is 0 Å². The second kappa shape index (κ2) is 4.46. The maximum absolute atomic E-state index is 12.5. The van der Waals surface area contributed by atoms with Crippen LogP contribution in [0.1, 0.15) is 0 Å². The highest BCUT2D eigenvalue weighted by Crippen LogP contribution is 2.32. The van der Waals surface area contributed by atoms with Crippen molar-refractivity contribution in [3.05, 3.63) is 30.3 Å². The highest BCUT2D eigenvalue weighted by atomic mass is 16.2. The summed E-state index contributed by atoms with van der Waals surface area (Å²) in [4.78, 5) is 36.1. The molecule has 0 saturated carbocycles. The van der Waals surface area contributed by atoms with Gasteiger partial charge in [-0.3, -0.25) is 9.69 Å². The molecule has 0 aliphatic carbocycles. The second-order valence-electron chi connectivity index (χ2n) is 5.76. The monoisotopic (exact) mass is 299 g/mol. The van der Waals surface area contributed by atoms with Crippen molar-refractivity contribution >= 4 is 23.6 Å². The first-order valence-corrected chi connectivity index (χ1v) is 7.31. The first-order chi connectivity index (χ1) is 10.6. The Hall–Kier alpha value is -2.57. The number of carbonyl (C=O) groups excluding carboxylic acids is 2. The van der Waals surface area contributed by atoms with Gasteiger partial charge in [-0.15, -0.1) is 0 Å². The Kier molecular flexibility index (Phi) is 2.66. The maximum atomic E-state index is 12.5. The van der Waals surface area contributed by atoms with Gasteiger partial charge in [0.2, 0.25) is 5.96 Å². The third-order valence-electron chi connectivity index (χ3n) is 4.57. The van der Waals surface area contributed by atoms with Crippen molar-refractivity contribution in [2.45, 2.75) is 12.2 Å². The molecule has 2 unspecified atom stereocenters. The van der Waals surface area contributed by atoms with Crippen molar-refractivity contribution in [2.75, 3.05) is 32.1 Å². The Bertz CT molecular complexity index is 674. The van der Waals surface area contributed by atoms with E-state index in [2.05, 4.69) is 9.89 Å². The third kappa shape index (κ3) is 1.59. The van der Waals surface area contributed by atoms with Gasteiger partial charge in [0.25, 0.3) is 5.91 Å². The molecule has 7 nitrogen and oxygen atoms in total. The number of imide groups is 1. The molecule has 7 heteroatoms.